The number of halogens is 4. The molecule has 3 atom stereocenters. The summed E-state index contributed by atoms with van der Waals surface area (Å²) in [6.07, 6.45) is -5.07. The van der Waals surface area contributed by atoms with Crippen LogP contribution in [-0.2, 0) is 14.8 Å². The number of aliphatic hydroxyl groups is 1. The highest BCUT2D eigenvalue weighted by molar-refractivity contribution is 7.90. The minimum absolute atomic E-state index is 0.0446. The van der Waals surface area contributed by atoms with Gasteiger partial charge in [-0.1, -0.05) is 12.1 Å². The van der Waals surface area contributed by atoms with Gasteiger partial charge in [0.1, 0.15) is 11.6 Å². The number of benzene rings is 3. The maximum Gasteiger partial charge on any atom is 0.573 e. The number of hydrogen-bond donors (Lipinski definition) is 1. The molecule has 0 spiro atoms. The van der Waals surface area contributed by atoms with E-state index >= 15 is 0 Å². The van der Waals surface area contributed by atoms with E-state index in [4.69, 9.17) is 9.47 Å². The summed E-state index contributed by atoms with van der Waals surface area (Å²) >= 11 is 0. The number of aliphatic hydroxyl groups excluding tert-OH is 1. The lowest BCUT2D eigenvalue weighted by Gasteiger charge is -2.43. The summed E-state index contributed by atoms with van der Waals surface area (Å²) in [6, 6.07) is 13.8. The number of ether oxygens (including phenoxy) is 3. The molecule has 2 aliphatic heterocycles. The Morgan fingerprint density at radius 2 is 1.71 bits per heavy atom. The molecule has 1 N–H and O–H groups in total. The Hall–Kier alpha value is -3.68. The number of sulfonamides is 1. The normalized spacial score (nSPS) is 21.5. The van der Waals surface area contributed by atoms with Crippen molar-refractivity contribution in [2.45, 2.75) is 23.4 Å². The van der Waals surface area contributed by atoms with Gasteiger partial charge in [-0.15, -0.1) is 13.2 Å². The summed E-state index contributed by atoms with van der Waals surface area (Å²) in [5.74, 6) is -1.12. The Bertz CT molecular complexity index is 1460. The minimum atomic E-state index is -4.92. The Balaban J connectivity index is 1.40. The quantitative estimate of drug-likeness (QED) is 0.359. The van der Waals surface area contributed by atoms with Crippen molar-refractivity contribution in [1.29, 1.82) is 0 Å². The first-order chi connectivity index (χ1) is 18.0. The number of para-hydroxylation sites is 2. The summed E-state index contributed by atoms with van der Waals surface area (Å²) in [6.45, 7) is 0.000252. The molecule has 200 valence electrons. The van der Waals surface area contributed by atoms with Crippen molar-refractivity contribution in [2.24, 2.45) is 10.3 Å². The van der Waals surface area contributed by atoms with E-state index in [9.17, 15) is 31.1 Å². The first-order valence-electron chi connectivity index (χ1n) is 11.3. The minimum Gasteiger partial charge on any atom is -0.453 e. The van der Waals surface area contributed by atoms with Gasteiger partial charge < -0.3 is 24.2 Å². The van der Waals surface area contributed by atoms with Crippen LogP contribution in [0.2, 0.25) is 0 Å². The lowest BCUT2D eigenvalue weighted by Crippen LogP contribution is -2.53. The van der Waals surface area contributed by atoms with E-state index < -0.39 is 46.0 Å². The lowest BCUT2D eigenvalue weighted by atomic mass is 9.93. The van der Waals surface area contributed by atoms with Crippen LogP contribution < -0.4 is 14.4 Å². The van der Waals surface area contributed by atoms with E-state index in [2.05, 4.69) is 9.13 Å². The molecule has 5 rings (SSSR count). The fraction of sp³-hybridized carbons (Fsp3) is 0.240. The maximum atomic E-state index is 14.2. The third kappa shape index (κ3) is 5.30. The van der Waals surface area contributed by atoms with Crippen molar-refractivity contribution >= 4 is 27.6 Å². The van der Waals surface area contributed by atoms with Gasteiger partial charge in [0.2, 0.25) is 0 Å². The Labute approximate surface area is 214 Å². The van der Waals surface area contributed by atoms with Gasteiger partial charge in [-0.3, -0.25) is 0 Å². The third-order valence-electron chi connectivity index (χ3n) is 6.03. The molecule has 1 unspecified atom stereocenters. The van der Waals surface area contributed by atoms with Crippen LogP contribution in [0.25, 0.3) is 0 Å². The lowest BCUT2D eigenvalue weighted by molar-refractivity contribution is -0.274. The summed E-state index contributed by atoms with van der Waals surface area (Å²) in [4.78, 5) is 1.33. The smallest absolute Gasteiger partial charge is 0.453 e. The first kappa shape index (κ1) is 25.9. The van der Waals surface area contributed by atoms with E-state index in [0.29, 0.717) is 22.9 Å². The molecule has 0 amide bonds. The van der Waals surface area contributed by atoms with Crippen molar-refractivity contribution in [3.8, 4) is 17.2 Å². The number of nitrogens with zero attached hydrogens (tertiary/aromatic N) is 2. The van der Waals surface area contributed by atoms with Crippen LogP contribution in [-0.4, -0.2) is 51.5 Å². The van der Waals surface area contributed by atoms with Crippen molar-refractivity contribution in [1.82, 2.24) is 0 Å². The monoisotopic (exact) mass is 552 g/mol. The fourth-order valence-electron chi connectivity index (χ4n) is 4.31. The molecule has 0 bridgehead atoms. The summed E-state index contributed by atoms with van der Waals surface area (Å²) in [7, 11) is -4.31. The molecule has 1 saturated heterocycles. The van der Waals surface area contributed by atoms with Crippen LogP contribution in [0.3, 0.4) is 0 Å². The topological polar surface area (TPSA) is 97.7 Å². The van der Waals surface area contributed by atoms with Gasteiger partial charge in [0, 0.05) is 18.2 Å². The van der Waals surface area contributed by atoms with E-state index in [-0.39, 0.29) is 18.1 Å². The second kappa shape index (κ2) is 9.89. The Morgan fingerprint density at radius 1 is 1.00 bits per heavy atom. The average Bonchev–Trinajstić information content (AvgIpc) is 2.86. The third-order valence-corrected chi connectivity index (χ3v) is 7.30. The van der Waals surface area contributed by atoms with E-state index in [1.54, 1.807) is 29.2 Å². The van der Waals surface area contributed by atoms with Crippen LogP contribution >= 0.6 is 0 Å². The predicted molar refractivity (Wildman–Crippen MR) is 128 cm³/mol. The summed E-state index contributed by atoms with van der Waals surface area (Å²) in [5.41, 5.74) is 0.923. The van der Waals surface area contributed by atoms with Gasteiger partial charge in [0.05, 0.1) is 41.6 Å². The van der Waals surface area contributed by atoms with Crippen molar-refractivity contribution in [2.75, 3.05) is 18.1 Å². The molecule has 0 saturated carbocycles. The number of anilines is 2. The van der Waals surface area contributed by atoms with Crippen LogP contribution in [0, 0.1) is 11.7 Å². The molecule has 3 aromatic carbocycles. The molecule has 8 nitrogen and oxygen atoms in total. The zero-order valence-corrected chi connectivity index (χ0v) is 20.2. The standard InChI is InChI=1S/C25H20F4N2O6S/c26-16-5-10-23-20(11-16)31(19-3-1-2-4-22(19)36-23)21-14-35-13-15(24(21)32)12-30-38(33,34)18-8-6-17(7-9-18)37-25(27,28)29/h1-12,15,21,24,32H,13-14H2/t15?,21-,24-/m0/s1. The zero-order valence-electron chi connectivity index (χ0n) is 19.4. The molecular weight excluding hydrogens is 532 g/mol. The average molecular weight is 553 g/mol. The van der Waals surface area contributed by atoms with Gasteiger partial charge in [-0.25, -0.2) is 4.39 Å². The van der Waals surface area contributed by atoms with Crippen LogP contribution in [0.5, 0.6) is 17.2 Å². The SMILES string of the molecule is O=S(=O)(N=CC1COC[C@H](N2c3ccccc3Oc3ccc(F)cc32)[C@H]1O)c1ccc(OC(F)(F)F)cc1. The first-order valence-corrected chi connectivity index (χ1v) is 12.7. The Kier molecular flexibility index (Phi) is 6.75. The molecule has 0 aliphatic carbocycles. The van der Waals surface area contributed by atoms with Gasteiger partial charge >= 0.3 is 6.36 Å². The van der Waals surface area contributed by atoms with Gasteiger partial charge in [-0.05, 0) is 48.5 Å². The highest BCUT2D eigenvalue weighted by atomic mass is 32.2. The van der Waals surface area contributed by atoms with E-state index in [0.717, 1.165) is 30.5 Å². The van der Waals surface area contributed by atoms with Crippen molar-refractivity contribution < 1.29 is 45.3 Å². The molecule has 38 heavy (non-hydrogen) atoms. The highest BCUT2D eigenvalue weighted by Crippen LogP contribution is 2.48. The molecule has 1 fully saturated rings. The molecule has 13 heteroatoms. The summed E-state index contributed by atoms with van der Waals surface area (Å²) in [5, 5.41) is 11.2. The number of hydrogen-bond acceptors (Lipinski definition) is 7. The predicted octanol–water partition coefficient (Wildman–Crippen LogP) is 4.80. The van der Waals surface area contributed by atoms with Crippen molar-refractivity contribution in [3.63, 3.8) is 0 Å². The highest BCUT2D eigenvalue weighted by Gasteiger charge is 2.40. The number of fused-ring (bicyclic) bond motifs is 2. The maximum absolute atomic E-state index is 14.2. The van der Waals surface area contributed by atoms with Crippen molar-refractivity contribution in [3.05, 3.63) is 72.5 Å². The summed E-state index contributed by atoms with van der Waals surface area (Å²) < 4.78 is 95.5. The molecule has 0 aromatic heterocycles. The molecule has 3 aromatic rings. The number of rotatable bonds is 5. The molecule has 2 heterocycles. The van der Waals surface area contributed by atoms with Crippen LogP contribution in [0.1, 0.15) is 0 Å². The van der Waals surface area contributed by atoms with E-state index in [1.807, 2.05) is 0 Å². The van der Waals surface area contributed by atoms with Crippen LogP contribution in [0.4, 0.5) is 28.9 Å². The number of alkyl halides is 3. The molecular formula is C25H20F4N2O6S. The van der Waals surface area contributed by atoms with Gasteiger partial charge in [-0.2, -0.15) is 12.8 Å². The largest absolute Gasteiger partial charge is 0.573 e. The second-order valence-electron chi connectivity index (χ2n) is 8.56. The van der Waals surface area contributed by atoms with Crippen LogP contribution in [0.15, 0.2) is 76.0 Å². The van der Waals surface area contributed by atoms with E-state index in [1.165, 1.54) is 18.2 Å². The van der Waals surface area contributed by atoms with Gasteiger partial charge in [0.15, 0.2) is 11.5 Å². The zero-order chi connectivity index (χ0) is 27.1. The fourth-order valence-corrected chi connectivity index (χ4v) is 5.23. The Morgan fingerprint density at radius 3 is 2.45 bits per heavy atom. The molecule has 0 radical (unpaired) electrons. The second-order valence-corrected chi connectivity index (χ2v) is 10.2. The molecule has 2 aliphatic rings. The van der Waals surface area contributed by atoms with Gasteiger partial charge in [0.25, 0.3) is 10.0 Å².